The third-order valence-electron chi connectivity index (χ3n) is 2.08. The Balaban J connectivity index is 2.74. The molecular weight excluding hydrogens is 198 g/mol. The molecule has 1 amide bonds. The molecule has 1 aliphatic rings. The van der Waals surface area contributed by atoms with Crippen molar-refractivity contribution >= 4 is 6.09 Å². The third kappa shape index (κ3) is 2.02. The largest absolute Gasteiger partial charge is 0.465 e. The van der Waals surface area contributed by atoms with E-state index in [0.717, 1.165) is 0 Å². The number of nitrogens with zero attached hydrogens (tertiary/aromatic N) is 3. The summed E-state index contributed by atoms with van der Waals surface area (Å²) in [4.78, 5) is 13.9. The molecule has 0 radical (unpaired) electrons. The Kier molecular flexibility index (Phi) is 3.08. The first kappa shape index (κ1) is 10.5. The molecule has 0 aromatic carbocycles. The molecule has 1 saturated heterocycles. The lowest BCUT2D eigenvalue weighted by Crippen LogP contribution is -2.38. The first-order valence-electron chi connectivity index (χ1n) is 3.90. The molecule has 0 saturated carbocycles. The van der Waals surface area contributed by atoms with E-state index in [2.05, 4.69) is 10.0 Å². The number of alkyl halides is 2. The number of halogens is 2. The highest BCUT2D eigenvalue weighted by molar-refractivity contribution is 5.66. The van der Waals surface area contributed by atoms with Crippen LogP contribution in [-0.4, -0.2) is 41.2 Å². The number of hydrogen-bond acceptors (Lipinski definition) is 3. The number of carbonyl (C=O) groups is 1. The van der Waals surface area contributed by atoms with E-state index in [0.29, 0.717) is 4.90 Å². The van der Waals surface area contributed by atoms with Crippen molar-refractivity contribution in [3.8, 4) is 0 Å². The van der Waals surface area contributed by atoms with Crippen LogP contribution in [0.15, 0.2) is 5.11 Å². The number of hydrogen-bond donors (Lipinski definition) is 2. The molecule has 1 aliphatic heterocycles. The third-order valence-corrected chi connectivity index (χ3v) is 2.08. The van der Waals surface area contributed by atoms with E-state index in [4.69, 9.17) is 10.6 Å². The van der Waals surface area contributed by atoms with Crippen molar-refractivity contribution in [2.24, 2.45) is 5.11 Å². The van der Waals surface area contributed by atoms with Crippen LogP contribution < -0.4 is 4.91 Å². The van der Waals surface area contributed by atoms with Gasteiger partial charge in [-0.15, -0.1) is 0 Å². The molecule has 1 rings (SSSR count). The molecule has 2 N–H and O–H groups in total. The number of likely N-dealkylation sites (tertiary alicyclic amines) is 1. The topological polar surface area (TPSA) is 90.9 Å². The Morgan fingerprint density at radius 1 is 1.71 bits per heavy atom. The highest BCUT2D eigenvalue weighted by Gasteiger charge is 2.42. The van der Waals surface area contributed by atoms with Crippen molar-refractivity contribution in [1.29, 1.82) is 5.53 Å². The zero-order valence-electron chi connectivity index (χ0n) is 7.10. The lowest BCUT2D eigenvalue weighted by Gasteiger charge is -2.19. The van der Waals surface area contributed by atoms with Crippen LogP contribution in [0.4, 0.5) is 13.6 Å². The summed E-state index contributed by atoms with van der Waals surface area (Å²) in [5, 5.41) is 11.9. The van der Waals surface area contributed by atoms with Gasteiger partial charge in [-0.2, -0.15) is 0 Å². The molecule has 2 atom stereocenters. The average molecular weight is 207 g/mol. The Bertz CT molecular complexity index is 279. The van der Waals surface area contributed by atoms with E-state index in [1.807, 2.05) is 0 Å². The maximum atomic E-state index is 12.3. The van der Waals surface area contributed by atoms with Gasteiger partial charge in [-0.3, -0.25) is 4.90 Å². The Labute approximate surface area is 77.7 Å². The molecule has 0 aliphatic carbocycles. The molecule has 0 bridgehead atoms. The van der Waals surface area contributed by atoms with Crippen molar-refractivity contribution in [2.75, 3.05) is 6.54 Å². The predicted octanol–water partition coefficient (Wildman–Crippen LogP) is 0.923. The summed E-state index contributed by atoms with van der Waals surface area (Å²) in [5.74, 6) is 0. The second-order valence-corrected chi connectivity index (χ2v) is 2.94. The minimum absolute atomic E-state index is 0.0770. The van der Waals surface area contributed by atoms with E-state index in [-0.39, 0.29) is 13.0 Å². The van der Waals surface area contributed by atoms with Crippen LogP contribution >= 0.6 is 0 Å². The van der Waals surface area contributed by atoms with Gasteiger partial charge >= 0.3 is 6.09 Å². The zero-order chi connectivity index (χ0) is 10.7. The smallest absolute Gasteiger partial charge is 0.407 e. The van der Waals surface area contributed by atoms with Gasteiger partial charge in [-0.25, -0.2) is 13.6 Å². The normalized spacial score (nSPS) is 26.4. The molecule has 14 heavy (non-hydrogen) atoms. The van der Waals surface area contributed by atoms with Gasteiger partial charge in [0.25, 0.3) is 6.43 Å². The summed E-state index contributed by atoms with van der Waals surface area (Å²) < 4.78 is 24.7. The number of nitrogens with one attached hydrogen (secondary N) is 1. The maximum Gasteiger partial charge on any atom is 0.407 e. The molecule has 1 fully saturated rings. The lowest BCUT2D eigenvalue weighted by atomic mass is 10.2. The average Bonchev–Trinajstić information content (AvgIpc) is 2.49. The van der Waals surface area contributed by atoms with E-state index < -0.39 is 24.6 Å². The van der Waals surface area contributed by atoms with Crippen molar-refractivity contribution < 1.29 is 18.7 Å². The molecule has 0 unspecified atom stereocenters. The summed E-state index contributed by atoms with van der Waals surface area (Å²) in [7, 11) is 0. The summed E-state index contributed by atoms with van der Waals surface area (Å²) in [6.07, 6.45) is -4.19. The van der Waals surface area contributed by atoms with Crippen LogP contribution in [0.1, 0.15) is 6.42 Å². The van der Waals surface area contributed by atoms with Crippen LogP contribution in [0.25, 0.3) is 0 Å². The zero-order valence-corrected chi connectivity index (χ0v) is 7.10. The highest BCUT2D eigenvalue weighted by atomic mass is 19.3. The Morgan fingerprint density at radius 2 is 2.36 bits per heavy atom. The number of carboxylic acid groups (broad SMARTS) is 1. The van der Waals surface area contributed by atoms with Gasteiger partial charge < -0.3 is 5.11 Å². The highest BCUT2D eigenvalue weighted by Crippen LogP contribution is 2.24. The van der Waals surface area contributed by atoms with Crippen molar-refractivity contribution in [3.05, 3.63) is 0 Å². The monoisotopic (exact) mass is 207 g/mol. The minimum atomic E-state index is -2.72. The Hall–Kier alpha value is -1.56. The summed E-state index contributed by atoms with van der Waals surface area (Å²) in [6.45, 7) is -0.118. The molecule has 8 heteroatoms. The second-order valence-electron chi connectivity index (χ2n) is 2.94. The SMILES string of the molecule is N=[N+]=N[C@@H]1C[C@@H](C(F)F)N(C(=O)O)C1. The first-order valence-corrected chi connectivity index (χ1v) is 3.90. The molecule has 1 heterocycles. The molecule has 78 valence electrons. The number of rotatable bonds is 2. The van der Waals surface area contributed by atoms with Gasteiger partial charge in [0.15, 0.2) is 6.04 Å². The van der Waals surface area contributed by atoms with E-state index >= 15 is 0 Å². The van der Waals surface area contributed by atoms with Gasteiger partial charge in [0, 0.05) is 6.42 Å². The predicted molar refractivity (Wildman–Crippen MR) is 40.2 cm³/mol. The minimum Gasteiger partial charge on any atom is -0.465 e. The summed E-state index contributed by atoms with van der Waals surface area (Å²) >= 11 is 0. The summed E-state index contributed by atoms with van der Waals surface area (Å²) in [5.41, 5.74) is 6.42. The van der Waals surface area contributed by atoms with Gasteiger partial charge in [0.1, 0.15) is 10.6 Å². The van der Waals surface area contributed by atoms with Crippen LogP contribution in [0, 0.1) is 5.53 Å². The van der Waals surface area contributed by atoms with E-state index in [1.54, 1.807) is 0 Å². The van der Waals surface area contributed by atoms with Crippen LogP contribution in [0.3, 0.4) is 0 Å². The molecular formula is C6H9F2N4O2+. The Morgan fingerprint density at radius 3 is 2.71 bits per heavy atom. The van der Waals surface area contributed by atoms with Gasteiger partial charge in [0.05, 0.1) is 12.6 Å². The van der Waals surface area contributed by atoms with Crippen molar-refractivity contribution in [3.63, 3.8) is 0 Å². The van der Waals surface area contributed by atoms with Crippen LogP contribution in [-0.2, 0) is 0 Å². The van der Waals surface area contributed by atoms with Gasteiger partial charge in [-0.05, 0) is 0 Å². The fraction of sp³-hybridized carbons (Fsp3) is 0.833. The fourth-order valence-corrected chi connectivity index (χ4v) is 1.47. The summed E-state index contributed by atoms with van der Waals surface area (Å²) in [6, 6.07) is -1.95. The second kappa shape index (κ2) is 4.10. The first-order chi connectivity index (χ1) is 6.56. The maximum absolute atomic E-state index is 12.3. The van der Waals surface area contributed by atoms with Gasteiger partial charge in [-0.1, -0.05) is 0 Å². The van der Waals surface area contributed by atoms with Crippen molar-refractivity contribution in [2.45, 2.75) is 24.9 Å². The van der Waals surface area contributed by atoms with E-state index in [1.165, 1.54) is 0 Å². The lowest BCUT2D eigenvalue weighted by molar-refractivity contribution is 0.0470. The van der Waals surface area contributed by atoms with Crippen LogP contribution in [0.5, 0.6) is 0 Å². The van der Waals surface area contributed by atoms with Gasteiger partial charge in [0.2, 0.25) is 4.91 Å². The van der Waals surface area contributed by atoms with E-state index in [9.17, 15) is 13.6 Å². The van der Waals surface area contributed by atoms with Crippen molar-refractivity contribution in [1.82, 2.24) is 9.81 Å². The molecule has 0 aromatic heterocycles. The quantitative estimate of drug-likeness (QED) is 0.520. The molecule has 0 spiro atoms. The number of amides is 1. The standard InChI is InChI=1S/C6H8F2N4O2/c7-5(8)4-1-3(10-11-9)2-12(4)6(13)14/h3-5,9H,1-2H2/p+1/t3-,4+/m1/s1. The van der Waals surface area contributed by atoms with Crippen LogP contribution in [0.2, 0.25) is 0 Å². The molecule has 0 aromatic rings. The molecule has 6 nitrogen and oxygen atoms in total. The fourth-order valence-electron chi connectivity index (χ4n) is 1.47.